The van der Waals surface area contributed by atoms with Crippen molar-refractivity contribution in [3.63, 3.8) is 0 Å². The fourth-order valence-electron chi connectivity index (χ4n) is 1.79. The Morgan fingerprint density at radius 1 is 1.16 bits per heavy atom. The first-order valence-electron chi connectivity index (χ1n) is 6.00. The van der Waals surface area contributed by atoms with Crippen LogP contribution in [0.1, 0.15) is 11.1 Å². The standard InChI is InChI=1S/C15H15BrClNS/c1-18-9-12-8-13(16)6-7-15(12)19-10-11-4-2-3-5-14(11)17/h2-8,18H,9-10H2,1H3. The molecule has 0 aliphatic rings. The SMILES string of the molecule is CNCc1cc(Br)ccc1SCc1ccccc1Cl. The van der Waals surface area contributed by atoms with E-state index in [1.165, 1.54) is 16.0 Å². The first-order chi connectivity index (χ1) is 9.20. The number of rotatable bonds is 5. The molecule has 1 N–H and O–H groups in total. The molecule has 2 aromatic carbocycles. The molecule has 0 heterocycles. The fraction of sp³-hybridized carbons (Fsp3) is 0.200. The van der Waals surface area contributed by atoms with Crippen LogP contribution in [-0.2, 0) is 12.3 Å². The molecule has 2 aromatic rings. The van der Waals surface area contributed by atoms with Crippen molar-refractivity contribution in [2.75, 3.05) is 7.05 Å². The summed E-state index contributed by atoms with van der Waals surface area (Å²) >= 11 is 11.5. The van der Waals surface area contributed by atoms with Gasteiger partial charge < -0.3 is 5.32 Å². The lowest BCUT2D eigenvalue weighted by molar-refractivity contribution is 0.802. The molecular formula is C15H15BrClNS. The summed E-state index contributed by atoms with van der Waals surface area (Å²) in [5.74, 6) is 0.887. The lowest BCUT2D eigenvalue weighted by Gasteiger charge is -2.10. The largest absolute Gasteiger partial charge is 0.316 e. The van der Waals surface area contributed by atoms with Crippen LogP contribution in [0.3, 0.4) is 0 Å². The van der Waals surface area contributed by atoms with Gasteiger partial charge in [0.1, 0.15) is 0 Å². The quantitative estimate of drug-likeness (QED) is 0.747. The van der Waals surface area contributed by atoms with Crippen LogP contribution in [0.25, 0.3) is 0 Å². The molecule has 0 atom stereocenters. The van der Waals surface area contributed by atoms with E-state index in [9.17, 15) is 0 Å². The van der Waals surface area contributed by atoms with Crippen LogP contribution < -0.4 is 5.32 Å². The van der Waals surface area contributed by atoms with Crippen molar-refractivity contribution in [2.45, 2.75) is 17.2 Å². The number of hydrogen-bond acceptors (Lipinski definition) is 2. The highest BCUT2D eigenvalue weighted by atomic mass is 79.9. The molecule has 0 bridgehead atoms. The molecule has 0 saturated heterocycles. The Labute approximate surface area is 131 Å². The summed E-state index contributed by atoms with van der Waals surface area (Å²) in [6, 6.07) is 14.4. The molecule has 0 radical (unpaired) electrons. The maximum Gasteiger partial charge on any atom is 0.0446 e. The molecule has 1 nitrogen and oxygen atoms in total. The second kappa shape index (κ2) is 7.34. The Balaban J connectivity index is 2.13. The Morgan fingerprint density at radius 2 is 1.95 bits per heavy atom. The molecule has 19 heavy (non-hydrogen) atoms. The minimum absolute atomic E-state index is 0.835. The highest BCUT2D eigenvalue weighted by molar-refractivity contribution is 9.10. The van der Waals surface area contributed by atoms with Crippen LogP contribution >= 0.6 is 39.3 Å². The number of benzene rings is 2. The maximum absolute atomic E-state index is 6.18. The van der Waals surface area contributed by atoms with E-state index in [0.717, 1.165) is 21.8 Å². The molecule has 0 aliphatic heterocycles. The molecule has 0 aromatic heterocycles. The highest BCUT2D eigenvalue weighted by Gasteiger charge is 2.05. The van der Waals surface area contributed by atoms with E-state index in [4.69, 9.17) is 11.6 Å². The van der Waals surface area contributed by atoms with Gasteiger partial charge in [-0.05, 0) is 42.4 Å². The summed E-state index contributed by atoms with van der Waals surface area (Å²) < 4.78 is 1.11. The average Bonchev–Trinajstić information content (AvgIpc) is 2.40. The zero-order valence-corrected chi connectivity index (χ0v) is 13.8. The van der Waals surface area contributed by atoms with Gasteiger partial charge in [0.15, 0.2) is 0 Å². The van der Waals surface area contributed by atoms with Gasteiger partial charge >= 0.3 is 0 Å². The number of halogens is 2. The topological polar surface area (TPSA) is 12.0 Å². The van der Waals surface area contributed by atoms with Crippen LogP contribution in [0, 0.1) is 0 Å². The molecule has 100 valence electrons. The van der Waals surface area contributed by atoms with Crippen molar-refractivity contribution < 1.29 is 0 Å². The summed E-state index contributed by atoms with van der Waals surface area (Å²) in [4.78, 5) is 1.29. The molecule has 0 unspecified atom stereocenters. The van der Waals surface area contributed by atoms with Crippen LogP contribution in [0.2, 0.25) is 5.02 Å². The van der Waals surface area contributed by atoms with E-state index >= 15 is 0 Å². The van der Waals surface area contributed by atoms with Gasteiger partial charge in [0.05, 0.1) is 0 Å². The molecule has 0 spiro atoms. The van der Waals surface area contributed by atoms with Crippen LogP contribution in [0.4, 0.5) is 0 Å². The maximum atomic E-state index is 6.18. The molecular weight excluding hydrogens is 342 g/mol. The second-order valence-corrected chi connectivity index (χ2v) is 6.50. The Hall–Kier alpha value is -0.480. The molecule has 4 heteroatoms. The fourth-order valence-corrected chi connectivity index (χ4v) is 3.52. The molecule has 0 saturated carbocycles. The van der Waals surface area contributed by atoms with Crippen molar-refractivity contribution in [1.82, 2.24) is 5.32 Å². The first kappa shape index (κ1) is 14.9. The minimum Gasteiger partial charge on any atom is -0.316 e. The highest BCUT2D eigenvalue weighted by Crippen LogP contribution is 2.30. The first-order valence-corrected chi connectivity index (χ1v) is 8.15. The normalized spacial score (nSPS) is 10.7. The van der Waals surface area contributed by atoms with Gasteiger partial charge in [0, 0.05) is 26.7 Å². The minimum atomic E-state index is 0.835. The van der Waals surface area contributed by atoms with E-state index < -0.39 is 0 Å². The third-order valence-electron chi connectivity index (χ3n) is 2.73. The molecule has 0 fully saturated rings. The zero-order chi connectivity index (χ0) is 13.7. The zero-order valence-electron chi connectivity index (χ0n) is 10.6. The lowest BCUT2D eigenvalue weighted by Crippen LogP contribution is -2.06. The predicted molar refractivity (Wildman–Crippen MR) is 87.9 cm³/mol. The monoisotopic (exact) mass is 355 g/mol. The number of nitrogens with one attached hydrogen (secondary N) is 1. The van der Waals surface area contributed by atoms with E-state index in [2.05, 4.69) is 45.5 Å². The van der Waals surface area contributed by atoms with Gasteiger partial charge in [-0.25, -0.2) is 0 Å². The van der Waals surface area contributed by atoms with E-state index in [-0.39, 0.29) is 0 Å². The molecule has 2 rings (SSSR count). The van der Waals surface area contributed by atoms with Gasteiger partial charge in [0.2, 0.25) is 0 Å². The van der Waals surface area contributed by atoms with Crippen molar-refractivity contribution in [2.24, 2.45) is 0 Å². The third kappa shape index (κ3) is 4.25. The average molecular weight is 357 g/mol. The van der Waals surface area contributed by atoms with Crippen molar-refractivity contribution >= 4 is 39.3 Å². The van der Waals surface area contributed by atoms with Gasteiger partial charge in [-0.15, -0.1) is 11.8 Å². The Bertz CT molecular complexity index is 560. The summed E-state index contributed by atoms with van der Waals surface area (Å²) in [6.45, 7) is 0.865. The van der Waals surface area contributed by atoms with E-state index in [1.54, 1.807) is 0 Å². The van der Waals surface area contributed by atoms with Gasteiger partial charge in [-0.1, -0.05) is 45.7 Å². The Kier molecular flexibility index (Phi) is 5.76. The van der Waals surface area contributed by atoms with Crippen molar-refractivity contribution in [1.29, 1.82) is 0 Å². The summed E-state index contributed by atoms with van der Waals surface area (Å²) in [5, 5.41) is 4.04. The third-order valence-corrected chi connectivity index (χ3v) is 4.76. The summed E-state index contributed by atoms with van der Waals surface area (Å²) in [6.07, 6.45) is 0. The van der Waals surface area contributed by atoms with E-state index in [0.29, 0.717) is 0 Å². The lowest BCUT2D eigenvalue weighted by atomic mass is 10.2. The summed E-state index contributed by atoms with van der Waals surface area (Å²) in [5.41, 5.74) is 2.47. The van der Waals surface area contributed by atoms with Gasteiger partial charge in [-0.3, -0.25) is 0 Å². The van der Waals surface area contributed by atoms with Crippen molar-refractivity contribution in [3.05, 3.63) is 63.1 Å². The van der Waals surface area contributed by atoms with Gasteiger partial charge in [-0.2, -0.15) is 0 Å². The smallest absolute Gasteiger partial charge is 0.0446 e. The van der Waals surface area contributed by atoms with E-state index in [1.807, 2.05) is 37.0 Å². The predicted octanol–water partition coefficient (Wildman–Crippen LogP) is 5.11. The second-order valence-electron chi connectivity index (χ2n) is 4.16. The van der Waals surface area contributed by atoms with Crippen molar-refractivity contribution in [3.8, 4) is 0 Å². The van der Waals surface area contributed by atoms with Crippen LogP contribution in [0.15, 0.2) is 51.8 Å². The van der Waals surface area contributed by atoms with Crippen LogP contribution in [0.5, 0.6) is 0 Å². The Morgan fingerprint density at radius 3 is 2.68 bits per heavy atom. The van der Waals surface area contributed by atoms with Gasteiger partial charge in [0.25, 0.3) is 0 Å². The molecule has 0 aliphatic carbocycles. The summed E-state index contributed by atoms with van der Waals surface area (Å²) in [7, 11) is 1.96. The van der Waals surface area contributed by atoms with Crippen LogP contribution in [-0.4, -0.2) is 7.05 Å². The number of hydrogen-bond donors (Lipinski definition) is 1. The number of thioether (sulfide) groups is 1. The molecule has 0 amide bonds.